The maximum Gasteiger partial charge on any atom is 0.265 e. The molecule has 26 heavy (non-hydrogen) atoms. The minimum atomic E-state index is -0.729. The second kappa shape index (κ2) is 8.29. The minimum absolute atomic E-state index is 0.246. The molecular weight excluding hydrogens is 330 g/mol. The van der Waals surface area contributed by atoms with Crippen LogP contribution in [0.5, 0.6) is 0 Å². The molecule has 2 amide bonds. The van der Waals surface area contributed by atoms with Crippen molar-refractivity contribution in [1.82, 2.24) is 10.6 Å². The number of likely N-dealkylation sites (N-methyl/N-ethyl adjacent to an activating group) is 1. The highest BCUT2D eigenvalue weighted by Crippen LogP contribution is 2.17. The monoisotopic (exact) mass is 351 g/mol. The number of hydrogen-bond donors (Lipinski definition) is 2. The molecule has 0 unspecified atom stereocenters. The Morgan fingerprint density at radius 2 is 1.77 bits per heavy atom. The first-order valence-corrected chi connectivity index (χ1v) is 8.51. The molecule has 6 nitrogen and oxygen atoms in total. The van der Waals surface area contributed by atoms with E-state index >= 15 is 0 Å². The molecule has 0 radical (unpaired) electrons. The van der Waals surface area contributed by atoms with Crippen LogP contribution in [-0.2, 0) is 20.8 Å². The van der Waals surface area contributed by atoms with Crippen LogP contribution in [-0.4, -0.2) is 36.7 Å². The highest BCUT2D eigenvalue weighted by molar-refractivity contribution is 6.04. The van der Waals surface area contributed by atoms with Crippen LogP contribution < -0.4 is 10.6 Å². The fourth-order valence-corrected chi connectivity index (χ4v) is 2.82. The normalized spacial score (nSPS) is 17.0. The summed E-state index contributed by atoms with van der Waals surface area (Å²) < 4.78 is 0. The van der Waals surface area contributed by atoms with Gasteiger partial charge < -0.3 is 15.5 Å². The lowest BCUT2D eigenvalue weighted by Crippen LogP contribution is -2.50. The van der Waals surface area contributed by atoms with Crippen molar-refractivity contribution in [3.05, 3.63) is 71.8 Å². The first-order valence-electron chi connectivity index (χ1n) is 8.51. The van der Waals surface area contributed by atoms with E-state index in [1.807, 2.05) is 60.7 Å². The Labute approximate surface area is 152 Å². The van der Waals surface area contributed by atoms with E-state index in [2.05, 4.69) is 15.8 Å². The van der Waals surface area contributed by atoms with Gasteiger partial charge in [0.2, 0.25) is 12.0 Å². The summed E-state index contributed by atoms with van der Waals surface area (Å²) in [7, 11) is 1.55. The molecule has 1 aliphatic heterocycles. The number of oxime groups is 1. The van der Waals surface area contributed by atoms with Crippen molar-refractivity contribution in [2.24, 2.45) is 5.16 Å². The lowest BCUT2D eigenvalue weighted by molar-refractivity contribution is -0.135. The van der Waals surface area contributed by atoms with Crippen LogP contribution in [0, 0.1) is 0 Å². The summed E-state index contributed by atoms with van der Waals surface area (Å²) in [6.45, 7) is 0. The molecule has 1 aliphatic rings. The van der Waals surface area contributed by atoms with E-state index in [0.29, 0.717) is 12.8 Å². The van der Waals surface area contributed by atoms with E-state index in [4.69, 9.17) is 4.84 Å². The zero-order chi connectivity index (χ0) is 18.4. The number of benzene rings is 2. The second-order valence-electron chi connectivity index (χ2n) is 6.07. The highest BCUT2D eigenvalue weighted by Gasteiger charge is 2.31. The Morgan fingerprint density at radius 1 is 1.12 bits per heavy atom. The molecule has 0 saturated carbocycles. The van der Waals surface area contributed by atoms with Gasteiger partial charge in [-0.05, 0) is 11.1 Å². The van der Waals surface area contributed by atoms with Crippen molar-refractivity contribution in [2.75, 3.05) is 7.05 Å². The van der Waals surface area contributed by atoms with Gasteiger partial charge in [0.1, 0.15) is 6.04 Å². The Balaban J connectivity index is 1.62. The molecule has 1 heterocycles. The molecule has 2 aromatic carbocycles. The molecule has 2 atom stereocenters. The van der Waals surface area contributed by atoms with Crippen LogP contribution in [0.25, 0.3) is 0 Å². The fourth-order valence-electron chi connectivity index (χ4n) is 2.82. The van der Waals surface area contributed by atoms with Gasteiger partial charge in [-0.1, -0.05) is 65.8 Å². The van der Waals surface area contributed by atoms with E-state index in [9.17, 15) is 9.59 Å². The van der Waals surface area contributed by atoms with Gasteiger partial charge in [-0.2, -0.15) is 0 Å². The van der Waals surface area contributed by atoms with E-state index in [1.165, 1.54) is 0 Å². The Morgan fingerprint density at radius 3 is 2.42 bits per heavy atom. The Hall–Kier alpha value is -3.15. The molecule has 0 spiro atoms. The van der Waals surface area contributed by atoms with Crippen LogP contribution in [0.1, 0.15) is 17.5 Å². The Kier molecular flexibility index (Phi) is 5.63. The molecule has 0 saturated heterocycles. The van der Waals surface area contributed by atoms with Crippen molar-refractivity contribution in [2.45, 2.75) is 25.0 Å². The third-order valence-electron chi connectivity index (χ3n) is 4.23. The number of hydrogen-bond acceptors (Lipinski definition) is 4. The van der Waals surface area contributed by atoms with Gasteiger partial charge in [0, 0.05) is 19.9 Å². The Bertz CT molecular complexity index is 790. The summed E-state index contributed by atoms with van der Waals surface area (Å²) >= 11 is 0. The highest BCUT2D eigenvalue weighted by atomic mass is 16.6. The number of rotatable bonds is 6. The van der Waals surface area contributed by atoms with Crippen LogP contribution in [0.2, 0.25) is 0 Å². The lowest BCUT2D eigenvalue weighted by atomic mass is 10.0. The number of carbonyl (C=O) groups excluding carboxylic acids is 2. The van der Waals surface area contributed by atoms with Gasteiger partial charge in [0.05, 0.1) is 5.71 Å². The lowest BCUT2D eigenvalue weighted by Gasteiger charge is -2.19. The van der Waals surface area contributed by atoms with Gasteiger partial charge in [-0.15, -0.1) is 0 Å². The fraction of sp³-hybridized carbons (Fsp3) is 0.250. The zero-order valence-electron chi connectivity index (χ0n) is 14.5. The van der Waals surface area contributed by atoms with Crippen LogP contribution in [0.4, 0.5) is 0 Å². The molecule has 0 aliphatic carbocycles. The van der Waals surface area contributed by atoms with Gasteiger partial charge >= 0.3 is 0 Å². The summed E-state index contributed by atoms with van der Waals surface area (Å²) in [6.07, 6.45) is 0.0562. The van der Waals surface area contributed by atoms with Crippen molar-refractivity contribution in [1.29, 1.82) is 0 Å². The minimum Gasteiger partial charge on any atom is -0.382 e. The summed E-state index contributed by atoms with van der Waals surface area (Å²) in [6, 6.07) is 18.5. The molecule has 134 valence electrons. The molecule has 0 bridgehead atoms. The van der Waals surface area contributed by atoms with Crippen molar-refractivity contribution in [3.8, 4) is 0 Å². The third kappa shape index (κ3) is 4.27. The number of nitrogens with zero attached hydrogens (tertiary/aromatic N) is 1. The molecule has 2 aromatic rings. The van der Waals surface area contributed by atoms with Crippen molar-refractivity contribution >= 4 is 17.5 Å². The second-order valence-corrected chi connectivity index (χ2v) is 6.07. The first-order chi connectivity index (χ1) is 12.7. The SMILES string of the molecule is CNC(=O)[C@H](Cc1ccccc1)NC(=O)[C@H]1CC(c2ccccc2)=NO1. The van der Waals surface area contributed by atoms with E-state index in [1.54, 1.807) is 7.05 Å². The smallest absolute Gasteiger partial charge is 0.265 e. The van der Waals surface area contributed by atoms with E-state index in [-0.39, 0.29) is 11.8 Å². The third-order valence-corrected chi connectivity index (χ3v) is 4.23. The summed E-state index contributed by atoms with van der Waals surface area (Å²) in [5, 5.41) is 9.39. The first kappa shape index (κ1) is 17.7. The maximum atomic E-state index is 12.6. The van der Waals surface area contributed by atoms with Gasteiger partial charge in [0.25, 0.3) is 5.91 Å². The summed E-state index contributed by atoms with van der Waals surface area (Å²) in [5.74, 6) is -0.589. The molecule has 0 fully saturated rings. The predicted molar refractivity (Wildman–Crippen MR) is 98.6 cm³/mol. The number of amides is 2. The topological polar surface area (TPSA) is 79.8 Å². The van der Waals surface area contributed by atoms with Crippen molar-refractivity contribution in [3.63, 3.8) is 0 Å². The largest absolute Gasteiger partial charge is 0.382 e. The average molecular weight is 351 g/mol. The molecular formula is C20H21N3O3. The van der Waals surface area contributed by atoms with Crippen LogP contribution in [0.15, 0.2) is 65.8 Å². The predicted octanol–water partition coefficient (Wildman–Crippen LogP) is 1.65. The number of nitrogens with one attached hydrogen (secondary N) is 2. The van der Waals surface area contributed by atoms with Crippen LogP contribution in [0.3, 0.4) is 0 Å². The average Bonchev–Trinajstić information content (AvgIpc) is 3.19. The van der Waals surface area contributed by atoms with Gasteiger partial charge in [-0.25, -0.2) is 0 Å². The zero-order valence-corrected chi connectivity index (χ0v) is 14.5. The standard InChI is InChI=1S/C20H21N3O3/c1-21-19(24)17(12-14-8-4-2-5-9-14)22-20(25)18-13-16(23-26-18)15-10-6-3-7-11-15/h2-11,17-18H,12-13H2,1H3,(H,21,24)(H,22,25)/t17-,18+/m0/s1. The quantitative estimate of drug-likeness (QED) is 0.831. The van der Waals surface area contributed by atoms with E-state index in [0.717, 1.165) is 16.8 Å². The van der Waals surface area contributed by atoms with Crippen molar-refractivity contribution < 1.29 is 14.4 Å². The van der Waals surface area contributed by atoms with Gasteiger partial charge in [-0.3, -0.25) is 9.59 Å². The molecule has 2 N–H and O–H groups in total. The summed E-state index contributed by atoms with van der Waals surface area (Å²) in [5.41, 5.74) is 2.62. The summed E-state index contributed by atoms with van der Waals surface area (Å²) in [4.78, 5) is 30.0. The molecule has 6 heteroatoms. The number of carbonyl (C=O) groups is 2. The van der Waals surface area contributed by atoms with E-state index < -0.39 is 12.1 Å². The molecule has 0 aromatic heterocycles. The van der Waals surface area contributed by atoms with Gasteiger partial charge in [0.15, 0.2) is 0 Å². The van der Waals surface area contributed by atoms with Crippen LogP contribution >= 0.6 is 0 Å². The molecule has 3 rings (SSSR count). The maximum absolute atomic E-state index is 12.6.